The normalized spacial score (nSPS) is 10.9. The van der Waals surface area contributed by atoms with Crippen molar-refractivity contribution >= 4 is 22.4 Å². The number of nitrogens with two attached hydrogens (primary N) is 1. The van der Waals surface area contributed by atoms with Gasteiger partial charge in [-0.15, -0.1) is 0 Å². The molecule has 4 nitrogen and oxygen atoms in total. The molecule has 0 aliphatic carbocycles. The number of fused-ring (bicyclic) bond motifs is 1. The van der Waals surface area contributed by atoms with Crippen LogP contribution >= 0.6 is 0 Å². The van der Waals surface area contributed by atoms with E-state index in [-0.39, 0.29) is 0 Å². The van der Waals surface area contributed by atoms with E-state index < -0.39 is 0 Å². The minimum Gasteiger partial charge on any atom is -0.399 e. The molecular formula is C16H18N4. The third-order valence-electron chi connectivity index (χ3n) is 3.55. The molecule has 3 aromatic rings. The van der Waals surface area contributed by atoms with Gasteiger partial charge >= 0.3 is 0 Å². The molecule has 0 unspecified atom stereocenters. The molecule has 0 atom stereocenters. The van der Waals surface area contributed by atoms with Crippen LogP contribution in [0.1, 0.15) is 0 Å². The molecule has 1 heterocycles. The molecule has 0 fully saturated rings. The van der Waals surface area contributed by atoms with Gasteiger partial charge in [-0.1, -0.05) is 0 Å². The van der Waals surface area contributed by atoms with E-state index in [4.69, 9.17) is 5.73 Å². The Hall–Kier alpha value is -2.49. The summed E-state index contributed by atoms with van der Waals surface area (Å²) < 4.78 is 2.10. The van der Waals surface area contributed by atoms with E-state index in [9.17, 15) is 0 Å². The number of nitrogens with zero attached hydrogens (tertiary/aromatic N) is 3. The average Bonchev–Trinajstić information content (AvgIpc) is 2.75. The van der Waals surface area contributed by atoms with Gasteiger partial charge in [0.1, 0.15) is 5.82 Å². The Labute approximate surface area is 118 Å². The monoisotopic (exact) mass is 266 g/mol. The number of imidazole rings is 1. The molecule has 2 N–H and O–H groups in total. The molecule has 0 saturated heterocycles. The van der Waals surface area contributed by atoms with E-state index >= 15 is 0 Å². The number of nitrogen functional groups attached to an aromatic ring is 1. The second-order valence-electron chi connectivity index (χ2n) is 5.18. The average molecular weight is 266 g/mol. The van der Waals surface area contributed by atoms with Crippen molar-refractivity contribution in [3.8, 4) is 11.4 Å². The second-order valence-corrected chi connectivity index (χ2v) is 5.18. The van der Waals surface area contributed by atoms with Crippen LogP contribution in [0.3, 0.4) is 0 Å². The molecule has 0 aliphatic heterocycles. The van der Waals surface area contributed by atoms with Crippen molar-refractivity contribution in [2.24, 2.45) is 7.05 Å². The Morgan fingerprint density at radius 3 is 2.40 bits per heavy atom. The van der Waals surface area contributed by atoms with Crippen molar-refractivity contribution in [3.63, 3.8) is 0 Å². The van der Waals surface area contributed by atoms with Crippen molar-refractivity contribution in [1.29, 1.82) is 0 Å². The minimum absolute atomic E-state index is 0.741. The van der Waals surface area contributed by atoms with E-state index in [0.717, 1.165) is 28.1 Å². The molecule has 0 saturated carbocycles. The number of hydrogen-bond acceptors (Lipinski definition) is 3. The van der Waals surface area contributed by atoms with Crippen molar-refractivity contribution in [3.05, 3.63) is 42.5 Å². The zero-order chi connectivity index (χ0) is 14.3. The fourth-order valence-electron chi connectivity index (χ4n) is 2.38. The maximum Gasteiger partial charge on any atom is 0.140 e. The summed E-state index contributed by atoms with van der Waals surface area (Å²) in [6.45, 7) is 0. The summed E-state index contributed by atoms with van der Waals surface area (Å²) in [6.07, 6.45) is 0. The smallest absolute Gasteiger partial charge is 0.140 e. The van der Waals surface area contributed by atoms with Crippen molar-refractivity contribution in [2.45, 2.75) is 0 Å². The van der Waals surface area contributed by atoms with Crippen LogP contribution in [0.5, 0.6) is 0 Å². The number of aryl methyl sites for hydroxylation is 1. The Morgan fingerprint density at radius 1 is 1.05 bits per heavy atom. The summed E-state index contributed by atoms with van der Waals surface area (Å²) >= 11 is 0. The Kier molecular flexibility index (Phi) is 2.86. The SMILES string of the molecule is CN(C)c1ccc(-c2nc3cc(N)ccc3n2C)cc1. The Balaban J connectivity index is 2.11. The molecule has 20 heavy (non-hydrogen) atoms. The summed E-state index contributed by atoms with van der Waals surface area (Å²) in [5.41, 5.74) is 10.9. The van der Waals surface area contributed by atoms with Crippen LogP contribution in [0, 0.1) is 0 Å². The maximum absolute atomic E-state index is 5.82. The Morgan fingerprint density at radius 2 is 1.75 bits per heavy atom. The fourth-order valence-corrected chi connectivity index (χ4v) is 2.38. The Bertz CT molecular complexity index is 754. The second kappa shape index (κ2) is 4.56. The van der Waals surface area contributed by atoms with E-state index in [0.29, 0.717) is 0 Å². The van der Waals surface area contributed by atoms with Crippen LogP contribution < -0.4 is 10.6 Å². The molecule has 0 aliphatic rings. The van der Waals surface area contributed by atoms with Crippen LogP contribution in [0.2, 0.25) is 0 Å². The number of rotatable bonds is 2. The third kappa shape index (κ3) is 1.99. The highest BCUT2D eigenvalue weighted by Gasteiger charge is 2.10. The van der Waals surface area contributed by atoms with Gasteiger partial charge < -0.3 is 15.2 Å². The first-order valence-corrected chi connectivity index (χ1v) is 6.56. The highest BCUT2D eigenvalue weighted by Crippen LogP contribution is 2.26. The van der Waals surface area contributed by atoms with E-state index in [1.165, 1.54) is 5.69 Å². The lowest BCUT2D eigenvalue weighted by Crippen LogP contribution is -2.08. The highest BCUT2D eigenvalue weighted by atomic mass is 15.1. The molecule has 0 radical (unpaired) electrons. The fraction of sp³-hybridized carbons (Fsp3) is 0.188. The van der Waals surface area contributed by atoms with Gasteiger partial charge in [-0.2, -0.15) is 0 Å². The van der Waals surface area contributed by atoms with Crippen molar-refractivity contribution < 1.29 is 0 Å². The number of hydrogen-bond donors (Lipinski definition) is 1. The molecular weight excluding hydrogens is 248 g/mol. The van der Waals surface area contributed by atoms with Crippen LogP contribution in [0.4, 0.5) is 11.4 Å². The lowest BCUT2D eigenvalue weighted by atomic mass is 10.2. The van der Waals surface area contributed by atoms with E-state index in [1.807, 2.05) is 39.3 Å². The minimum atomic E-state index is 0.741. The van der Waals surface area contributed by atoms with Gasteiger partial charge in [-0.3, -0.25) is 0 Å². The molecule has 4 heteroatoms. The molecule has 3 rings (SSSR count). The number of aromatic nitrogens is 2. The third-order valence-corrected chi connectivity index (χ3v) is 3.55. The van der Waals surface area contributed by atoms with Gasteiger partial charge in [0.15, 0.2) is 0 Å². The summed E-state index contributed by atoms with van der Waals surface area (Å²) in [5, 5.41) is 0. The van der Waals surface area contributed by atoms with Gasteiger partial charge in [-0.05, 0) is 42.5 Å². The largest absolute Gasteiger partial charge is 0.399 e. The summed E-state index contributed by atoms with van der Waals surface area (Å²) in [7, 11) is 6.10. The molecule has 102 valence electrons. The summed E-state index contributed by atoms with van der Waals surface area (Å²) in [6, 6.07) is 14.2. The lowest BCUT2D eigenvalue weighted by Gasteiger charge is -2.12. The first kappa shape index (κ1) is 12.5. The molecule has 1 aromatic heterocycles. The van der Waals surface area contributed by atoms with Crippen molar-refractivity contribution in [1.82, 2.24) is 9.55 Å². The first-order valence-electron chi connectivity index (χ1n) is 6.56. The van der Waals surface area contributed by atoms with Gasteiger partial charge in [0.05, 0.1) is 11.0 Å². The standard InChI is InChI=1S/C16H18N4/c1-19(2)13-7-4-11(5-8-13)16-18-14-10-12(17)6-9-15(14)20(16)3/h4-10H,17H2,1-3H3. The van der Waals surface area contributed by atoms with Gasteiger partial charge in [0.25, 0.3) is 0 Å². The van der Waals surface area contributed by atoms with Gasteiger partial charge in [0, 0.05) is 38.1 Å². The summed E-state index contributed by atoms with van der Waals surface area (Å²) in [4.78, 5) is 6.77. The maximum atomic E-state index is 5.82. The van der Waals surface area contributed by atoms with Crippen molar-refractivity contribution in [2.75, 3.05) is 24.7 Å². The molecule has 0 spiro atoms. The van der Waals surface area contributed by atoms with Crippen LogP contribution in [-0.4, -0.2) is 23.6 Å². The first-order chi connectivity index (χ1) is 9.56. The van der Waals surface area contributed by atoms with E-state index in [1.54, 1.807) is 0 Å². The topological polar surface area (TPSA) is 47.1 Å². The molecule has 0 bridgehead atoms. The number of benzene rings is 2. The van der Waals surface area contributed by atoms with Crippen LogP contribution in [-0.2, 0) is 7.05 Å². The number of anilines is 2. The zero-order valence-electron chi connectivity index (χ0n) is 12.0. The van der Waals surface area contributed by atoms with Gasteiger partial charge in [-0.25, -0.2) is 4.98 Å². The molecule has 0 amide bonds. The zero-order valence-corrected chi connectivity index (χ0v) is 12.0. The highest BCUT2D eigenvalue weighted by molar-refractivity contribution is 5.83. The quantitative estimate of drug-likeness (QED) is 0.725. The molecule has 2 aromatic carbocycles. The lowest BCUT2D eigenvalue weighted by molar-refractivity contribution is 0.959. The van der Waals surface area contributed by atoms with Crippen LogP contribution in [0.15, 0.2) is 42.5 Å². The predicted octanol–water partition coefficient (Wildman–Crippen LogP) is 2.89. The summed E-state index contributed by atoms with van der Waals surface area (Å²) in [5.74, 6) is 0.955. The predicted molar refractivity (Wildman–Crippen MR) is 84.9 cm³/mol. The van der Waals surface area contributed by atoms with Crippen LogP contribution in [0.25, 0.3) is 22.4 Å². The van der Waals surface area contributed by atoms with E-state index in [2.05, 4.69) is 38.7 Å². The van der Waals surface area contributed by atoms with Gasteiger partial charge in [0.2, 0.25) is 0 Å².